The van der Waals surface area contributed by atoms with E-state index in [2.05, 4.69) is 10.3 Å². The molecule has 3 rings (SSSR count). The number of carbonyl (C=O) groups is 1. The molecule has 140 valence electrons. The summed E-state index contributed by atoms with van der Waals surface area (Å²) in [5, 5.41) is 3.73. The van der Waals surface area contributed by atoms with Crippen molar-refractivity contribution in [1.82, 2.24) is 9.29 Å². The average molecular weight is 383 g/mol. The van der Waals surface area contributed by atoms with E-state index in [0.717, 1.165) is 5.39 Å². The van der Waals surface area contributed by atoms with Crippen molar-refractivity contribution in [3.05, 3.63) is 66.4 Å². The number of hydrogen-bond donors (Lipinski definition) is 1. The Labute approximate surface area is 158 Å². The Balaban J connectivity index is 1.92. The highest BCUT2D eigenvalue weighted by Gasteiger charge is 2.24. The second-order valence-electron chi connectivity index (χ2n) is 6.48. The van der Waals surface area contributed by atoms with Crippen molar-refractivity contribution in [3.8, 4) is 0 Å². The van der Waals surface area contributed by atoms with E-state index in [1.165, 1.54) is 23.5 Å². The van der Waals surface area contributed by atoms with Gasteiger partial charge in [-0.15, -0.1) is 0 Å². The SMILES string of the molecule is CC(C)N(C)S(=O)(=O)c1cccc(C(=O)Nc2cccc3cccnc23)c1. The summed E-state index contributed by atoms with van der Waals surface area (Å²) >= 11 is 0. The monoisotopic (exact) mass is 383 g/mol. The lowest BCUT2D eigenvalue weighted by Gasteiger charge is -2.21. The summed E-state index contributed by atoms with van der Waals surface area (Å²) in [4.78, 5) is 17.1. The number of rotatable bonds is 5. The Morgan fingerprint density at radius 2 is 1.78 bits per heavy atom. The van der Waals surface area contributed by atoms with Crippen LogP contribution in [0.3, 0.4) is 0 Å². The molecule has 7 heteroatoms. The molecule has 3 aromatic rings. The van der Waals surface area contributed by atoms with Crippen LogP contribution >= 0.6 is 0 Å². The highest BCUT2D eigenvalue weighted by molar-refractivity contribution is 7.89. The Kier molecular flexibility index (Phi) is 5.25. The Hall–Kier alpha value is -2.77. The maximum Gasteiger partial charge on any atom is 0.255 e. The van der Waals surface area contributed by atoms with E-state index < -0.39 is 15.9 Å². The number of carbonyl (C=O) groups excluding carboxylic acids is 1. The molecule has 1 N–H and O–H groups in total. The number of sulfonamides is 1. The third-order valence-corrected chi connectivity index (χ3v) is 6.41. The first-order chi connectivity index (χ1) is 12.8. The molecule has 1 amide bonds. The lowest BCUT2D eigenvalue weighted by molar-refractivity contribution is 0.102. The second-order valence-corrected chi connectivity index (χ2v) is 8.48. The van der Waals surface area contributed by atoms with Gasteiger partial charge in [-0.2, -0.15) is 4.31 Å². The van der Waals surface area contributed by atoms with Crippen LogP contribution in [0.5, 0.6) is 0 Å². The summed E-state index contributed by atoms with van der Waals surface area (Å²) in [6, 6.07) is 15.1. The average Bonchev–Trinajstić information content (AvgIpc) is 2.67. The van der Waals surface area contributed by atoms with Gasteiger partial charge in [0.25, 0.3) is 5.91 Å². The number of nitrogens with one attached hydrogen (secondary N) is 1. The molecular formula is C20H21N3O3S. The van der Waals surface area contributed by atoms with Crippen molar-refractivity contribution in [2.24, 2.45) is 0 Å². The smallest absolute Gasteiger partial charge is 0.255 e. The molecule has 0 aliphatic carbocycles. The number of benzene rings is 2. The van der Waals surface area contributed by atoms with Crippen LogP contribution < -0.4 is 5.32 Å². The van der Waals surface area contributed by atoms with Crippen LogP contribution in [-0.4, -0.2) is 36.7 Å². The standard InChI is InChI=1S/C20H21N3O3S/c1-14(2)23(3)27(25,26)17-10-4-8-16(13-17)20(24)22-18-11-5-7-15-9-6-12-21-19(15)18/h4-14H,1-3H3,(H,22,24). The van der Waals surface area contributed by atoms with E-state index in [1.54, 1.807) is 38.2 Å². The third-order valence-electron chi connectivity index (χ3n) is 4.38. The lowest BCUT2D eigenvalue weighted by Crippen LogP contribution is -2.33. The number of para-hydroxylation sites is 1. The fourth-order valence-electron chi connectivity index (χ4n) is 2.64. The fraction of sp³-hybridized carbons (Fsp3) is 0.200. The Bertz CT molecular complexity index is 1090. The summed E-state index contributed by atoms with van der Waals surface area (Å²) in [5.41, 5.74) is 1.52. The summed E-state index contributed by atoms with van der Waals surface area (Å²) in [6.45, 7) is 3.59. The molecule has 0 radical (unpaired) electrons. The van der Waals surface area contributed by atoms with Gasteiger partial charge >= 0.3 is 0 Å². The van der Waals surface area contributed by atoms with Crippen molar-refractivity contribution in [2.75, 3.05) is 12.4 Å². The van der Waals surface area contributed by atoms with Crippen molar-refractivity contribution >= 4 is 32.5 Å². The minimum absolute atomic E-state index is 0.0856. The number of pyridine rings is 1. The number of nitrogens with zero attached hydrogens (tertiary/aromatic N) is 2. The zero-order chi connectivity index (χ0) is 19.6. The molecule has 1 heterocycles. The van der Waals surface area contributed by atoms with Crippen molar-refractivity contribution in [1.29, 1.82) is 0 Å². The third kappa shape index (κ3) is 3.84. The predicted molar refractivity (Wildman–Crippen MR) is 106 cm³/mol. The van der Waals surface area contributed by atoms with Crippen LogP contribution in [0.15, 0.2) is 65.7 Å². The van der Waals surface area contributed by atoms with E-state index in [4.69, 9.17) is 0 Å². The van der Waals surface area contributed by atoms with Crippen molar-refractivity contribution in [3.63, 3.8) is 0 Å². The molecule has 27 heavy (non-hydrogen) atoms. The number of anilines is 1. The quantitative estimate of drug-likeness (QED) is 0.731. The molecule has 0 aliphatic heterocycles. The van der Waals surface area contributed by atoms with Crippen LogP contribution in [-0.2, 0) is 10.0 Å². The highest BCUT2D eigenvalue weighted by atomic mass is 32.2. The van der Waals surface area contributed by atoms with E-state index in [-0.39, 0.29) is 16.5 Å². The number of aromatic nitrogens is 1. The topological polar surface area (TPSA) is 79.4 Å². The van der Waals surface area contributed by atoms with Gasteiger partial charge in [-0.3, -0.25) is 9.78 Å². The molecular weight excluding hydrogens is 362 g/mol. The van der Waals surface area contributed by atoms with Crippen LogP contribution in [0.2, 0.25) is 0 Å². The minimum atomic E-state index is -3.66. The van der Waals surface area contributed by atoms with Gasteiger partial charge in [-0.1, -0.05) is 24.3 Å². The fourth-order valence-corrected chi connectivity index (χ4v) is 4.06. The molecule has 0 saturated carbocycles. The molecule has 0 unspecified atom stereocenters. The first-order valence-corrected chi connectivity index (χ1v) is 9.98. The van der Waals surface area contributed by atoms with Gasteiger partial charge in [0.2, 0.25) is 10.0 Å². The molecule has 6 nitrogen and oxygen atoms in total. The number of amides is 1. The van der Waals surface area contributed by atoms with Crippen molar-refractivity contribution in [2.45, 2.75) is 24.8 Å². The lowest BCUT2D eigenvalue weighted by atomic mass is 10.1. The van der Waals surface area contributed by atoms with E-state index in [1.807, 2.05) is 24.3 Å². The zero-order valence-electron chi connectivity index (χ0n) is 15.4. The summed E-state index contributed by atoms with van der Waals surface area (Å²) in [5.74, 6) is -0.391. The molecule has 0 fully saturated rings. The zero-order valence-corrected chi connectivity index (χ0v) is 16.2. The molecule has 1 aromatic heterocycles. The highest BCUT2D eigenvalue weighted by Crippen LogP contribution is 2.22. The molecule has 0 saturated heterocycles. The first-order valence-electron chi connectivity index (χ1n) is 8.54. The normalized spacial score (nSPS) is 11.9. The van der Waals surface area contributed by atoms with Gasteiger partial charge < -0.3 is 5.32 Å². The molecule has 2 aromatic carbocycles. The predicted octanol–water partition coefficient (Wildman–Crippen LogP) is 3.52. The van der Waals surface area contributed by atoms with Crippen molar-refractivity contribution < 1.29 is 13.2 Å². The largest absolute Gasteiger partial charge is 0.320 e. The van der Waals surface area contributed by atoms with Gasteiger partial charge in [0, 0.05) is 30.2 Å². The molecule has 0 spiro atoms. The van der Waals surface area contributed by atoms with Crippen LogP contribution in [0.4, 0.5) is 5.69 Å². The molecule has 0 atom stereocenters. The summed E-state index contributed by atoms with van der Waals surface area (Å²) in [7, 11) is -2.14. The van der Waals surface area contributed by atoms with Gasteiger partial charge in [0.05, 0.1) is 16.1 Å². The number of hydrogen-bond acceptors (Lipinski definition) is 4. The second kappa shape index (κ2) is 7.46. The van der Waals surface area contributed by atoms with Gasteiger partial charge in [-0.05, 0) is 44.2 Å². The van der Waals surface area contributed by atoms with Crippen LogP contribution in [0, 0.1) is 0 Å². The van der Waals surface area contributed by atoms with E-state index in [9.17, 15) is 13.2 Å². The van der Waals surface area contributed by atoms with Crippen LogP contribution in [0.25, 0.3) is 10.9 Å². The Morgan fingerprint density at radius 1 is 1.07 bits per heavy atom. The van der Waals surface area contributed by atoms with Gasteiger partial charge in [0.1, 0.15) is 0 Å². The van der Waals surface area contributed by atoms with E-state index >= 15 is 0 Å². The maximum absolute atomic E-state index is 12.7. The van der Waals surface area contributed by atoms with Gasteiger partial charge in [0.15, 0.2) is 0 Å². The van der Waals surface area contributed by atoms with Gasteiger partial charge in [-0.25, -0.2) is 8.42 Å². The summed E-state index contributed by atoms with van der Waals surface area (Å²) in [6.07, 6.45) is 1.66. The Morgan fingerprint density at radius 3 is 2.52 bits per heavy atom. The molecule has 0 aliphatic rings. The summed E-state index contributed by atoms with van der Waals surface area (Å²) < 4.78 is 26.6. The first kappa shape index (κ1) is 19.0. The minimum Gasteiger partial charge on any atom is -0.320 e. The molecule has 0 bridgehead atoms. The maximum atomic E-state index is 12.7. The van der Waals surface area contributed by atoms with Crippen LogP contribution in [0.1, 0.15) is 24.2 Å². The number of fused-ring (bicyclic) bond motifs is 1. The van der Waals surface area contributed by atoms with E-state index in [0.29, 0.717) is 11.2 Å².